The highest BCUT2D eigenvalue weighted by Crippen LogP contribution is 2.22. The number of esters is 1. The summed E-state index contributed by atoms with van der Waals surface area (Å²) in [5, 5.41) is 3.98. The summed E-state index contributed by atoms with van der Waals surface area (Å²) in [5.41, 5.74) is 1.97. The first kappa shape index (κ1) is 18.8. The van der Waals surface area contributed by atoms with E-state index in [-0.39, 0.29) is 23.1 Å². The van der Waals surface area contributed by atoms with Crippen LogP contribution in [0.2, 0.25) is 0 Å². The standard InChI is InChI=1S/C19H18N2O5S/c1-10-7-14(12(3)21(10)18-8-11(2)26-20-18)15(23)9-25-19(24)17-6-5-16(27-17)13(4)22/h5-8H,9H2,1-4H3. The van der Waals surface area contributed by atoms with Gasteiger partial charge in [-0.1, -0.05) is 5.16 Å². The average molecular weight is 386 g/mol. The molecule has 0 bridgehead atoms. The molecule has 3 rings (SSSR count). The van der Waals surface area contributed by atoms with Crippen molar-refractivity contribution in [3.8, 4) is 5.82 Å². The van der Waals surface area contributed by atoms with Gasteiger partial charge in [0.2, 0.25) is 5.78 Å². The van der Waals surface area contributed by atoms with E-state index in [9.17, 15) is 14.4 Å². The Kier molecular flexibility index (Phi) is 5.09. The lowest BCUT2D eigenvalue weighted by Gasteiger charge is -2.05. The number of carbonyl (C=O) groups is 3. The fraction of sp³-hybridized carbons (Fsp3) is 0.263. The van der Waals surface area contributed by atoms with Crippen LogP contribution in [0.25, 0.3) is 5.82 Å². The van der Waals surface area contributed by atoms with Crippen LogP contribution in [0.5, 0.6) is 0 Å². The Bertz CT molecular complexity index is 1040. The maximum absolute atomic E-state index is 12.5. The van der Waals surface area contributed by atoms with E-state index in [1.54, 1.807) is 32.0 Å². The molecule has 0 N–H and O–H groups in total. The number of ether oxygens (including phenoxy) is 1. The molecule has 0 aliphatic rings. The molecule has 0 amide bonds. The first-order valence-electron chi connectivity index (χ1n) is 8.21. The van der Waals surface area contributed by atoms with Gasteiger partial charge in [0.15, 0.2) is 18.2 Å². The number of aryl methyl sites for hydroxylation is 2. The number of aromatic nitrogens is 2. The fourth-order valence-electron chi connectivity index (χ4n) is 2.77. The molecule has 8 heteroatoms. The zero-order valence-electron chi connectivity index (χ0n) is 15.4. The highest BCUT2D eigenvalue weighted by Gasteiger charge is 2.20. The van der Waals surface area contributed by atoms with Crippen LogP contribution in [0.1, 0.15) is 53.8 Å². The molecule has 0 saturated heterocycles. The van der Waals surface area contributed by atoms with E-state index in [1.165, 1.54) is 13.0 Å². The Hall–Kier alpha value is -3.00. The van der Waals surface area contributed by atoms with E-state index < -0.39 is 5.97 Å². The summed E-state index contributed by atoms with van der Waals surface area (Å²) in [6.45, 7) is 6.49. The third kappa shape index (κ3) is 3.75. The molecular weight excluding hydrogens is 368 g/mol. The molecule has 140 valence electrons. The van der Waals surface area contributed by atoms with Crippen molar-refractivity contribution in [3.63, 3.8) is 0 Å². The predicted molar refractivity (Wildman–Crippen MR) is 99.0 cm³/mol. The van der Waals surface area contributed by atoms with Gasteiger partial charge < -0.3 is 9.26 Å². The van der Waals surface area contributed by atoms with Gasteiger partial charge in [-0.2, -0.15) is 0 Å². The lowest BCUT2D eigenvalue weighted by Crippen LogP contribution is -2.14. The summed E-state index contributed by atoms with van der Waals surface area (Å²) >= 11 is 1.05. The fourth-order valence-corrected chi connectivity index (χ4v) is 3.57. The minimum Gasteiger partial charge on any atom is -0.453 e. The van der Waals surface area contributed by atoms with Gasteiger partial charge >= 0.3 is 5.97 Å². The third-order valence-electron chi connectivity index (χ3n) is 4.06. The molecule has 0 fully saturated rings. The maximum atomic E-state index is 12.5. The Morgan fingerprint density at radius 3 is 2.44 bits per heavy atom. The second-order valence-electron chi connectivity index (χ2n) is 6.14. The quantitative estimate of drug-likeness (QED) is 0.474. The van der Waals surface area contributed by atoms with Crippen LogP contribution in [0.3, 0.4) is 0 Å². The van der Waals surface area contributed by atoms with E-state index in [2.05, 4.69) is 5.16 Å². The van der Waals surface area contributed by atoms with Gasteiger partial charge in [-0.05, 0) is 45.9 Å². The highest BCUT2D eigenvalue weighted by molar-refractivity contribution is 7.15. The number of nitrogens with zero attached hydrogens (tertiary/aromatic N) is 2. The largest absolute Gasteiger partial charge is 0.453 e. The first-order chi connectivity index (χ1) is 12.8. The van der Waals surface area contributed by atoms with Crippen molar-refractivity contribution < 1.29 is 23.6 Å². The molecule has 3 aromatic heterocycles. The molecule has 0 unspecified atom stereocenters. The molecule has 3 heterocycles. The smallest absolute Gasteiger partial charge is 0.348 e. The zero-order valence-corrected chi connectivity index (χ0v) is 16.2. The zero-order chi connectivity index (χ0) is 19.7. The summed E-state index contributed by atoms with van der Waals surface area (Å²) < 4.78 is 12.0. The summed E-state index contributed by atoms with van der Waals surface area (Å²) in [7, 11) is 0. The summed E-state index contributed by atoms with van der Waals surface area (Å²) in [4.78, 5) is 36.7. The number of rotatable bonds is 6. The number of hydrogen-bond donors (Lipinski definition) is 0. The van der Waals surface area contributed by atoms with E-state index in [0.29, 0.717) is 27.7 Å². The molecular formula is C19H18N2O5S. The maximum Gasteiger partial charge on any atom is 0.348 e. The van der Waals surface area contributed by atoms with Crippen LogP contribution in [0, 0.1) is 20.8 Å². The van der Waals surface area contributed by atoms with Gasteiger partial charge in [0.25, 0.3) is 0 Å². The van der Waals surface area contributed by atoms with Crippen LogP contribution in [-0.2, 0) is 4.74 Å². The Morgan fingerprint density at radius 2 is 1.85 bits per heavy atom. The summed E-state index contributed by atoms with van der Waals surface area (Å²) in [5.74, 6) is 0.202. The van der Waals surface area contributed by atoms with E-state index in [4.69, 9.17) is 9.26 Å². The number of ketones is 2. The normalized spacial score (nSPS) is 10.8. The van der Waals surface area contributed by atoms with Crippen molar-refractivity contribution >= 4 is 28.9 Å². The predicted octanol–water partition coefficient (Wildman–Crippen LogP) is 3.69. The topological polar surface area (TPSA) is 91.4 Å². The molecule has 3 aromatic rings. The van der Waals surface area contributed by atoms with Crippen LogP contribution >= 0.6 is 11.3 Å². The molecule has 0 aliphatic heterocycles. The SMILES string of the molecule is CC(=O)c1ccc(C(=O)OCC(=O)c2cc(C)n(-c3cc(C)on3)c2C)s1. The van der Waals surface area contributed by atoms with Crippen molar-refractivity contribution in [1.82, 2.24) is 9.72 Å². The second kappa shape index (κ2) is 7.32. The molecule has 0 radical (unpaired) electrons. The average Bonchev–Trinajstić information content (AvgIpc) is 3.32. The lowest BCUT2D eigenvalue weighted by atomic mass is 10.1. The number of Topliss-reactive ketones (excluding diaryl/α,β-unsaturated/α-hetero) is 2. The number of thiophene rings is 1. The number of carbonyl (C=O) groups excluding carboxylic acids is 3. The highest BCUT2D eigenvalue weighted by atomic mass is 32.1. The Balaban J connectivity index is 1.73. The minimum absolute atomic E-state index is 0.120. The first-order valence-corrected chi connectivity index (χ1v) is 9.03. The molecule has 0 aromatic carbocycles. The van der Waals surface area contributed by atoms with Crippen molar-refractivity contribution in [2.75, 3.05) is 6.61 Å². The molecule has 27 heavy (non-hydrogen) atoms. The monoisotopic (exact) mass is 386 g/mol. The Morgan fingerprint density at radius 1 is 1.15 bits per heavy atom. The molecule has 7 nitrogen and oxygen atoms in total. The van der Waals surface area contributed by atoms with Crippen LogP contribution in [0.15, 0.2) is 28.8 Å². The third-order valence-corrected chi connectivity index (χ3v) is 5.23. The van der Waals surface area contributed by atoms with E-state index in [1.807, 2.05) is 11.5 Å². The van der Waals surface area contributed by atoms with E-state index >= 15 is 0 Å². The van der Waals surface area contributed by atoms with Gasteiger partial charge in [0.05, 0.1) is 4.88 Å². The van der Waals surface area contributed by atoms with Crippen molar-refractivity contribution in [2.24, 2.45) is 0 Å². The van der Waals surface area contributed by atoms with Crippen LogP contribution in [0.4, 0.5) is 0 Å². The van der Waals surface area contributed by atoms with Crippen LogP contribution in [-0.4, -0.2) is 33.9 Å². The van der Waals surface area contributed by atoms with Gasteiger partial charge in [0.1, 0.15) is 10.6 Å². The molecule has 0 atom stereocenters. The molecule has 0 aliphatic carbocycles. The Labute approximate surface area is 159 Å². The van der Waals surface area contributed by atoms with Crippen LogP contribution < -0.4 is 0 Å². The van der Waals surface area contributed by atoms with E-state index in [0.717, 1.165) is 17.0 Å². The van der Waals surface area contributed by atoms with Crippen molar-refractivity contribution in [1.29, 1.82) is 0 Å². The summed E-state index contributed by atoms with van der Waals surface area (Å²) in [6, 6.07) is 6.60. The molecule has 0 saturated carbocycles. The summed E-state index contributed by atoms with van der Waals surface area (Å²) in [6.07, 6.45) is 0. The van der Waals surface area contributed by atoms with Gasteiger partial charge in [-0.15, -0.1) is 11.3 Å². The van der Waals surface area contributed by atoms with Crippen molar-refractivity contribution in [3.05, 3.63) is 56.7 Å². The number of hydrogen-bond acceptors (Lipinski definition) is 7. The minimum atomic E-state index is -0.623. The van der Waals surface area contributed by atoms with Gasteiger partial charge in [-0.3, -0.25) is 14.2 Å². The molecule has 0 spiro atoms. The van der Waals surface area contributed by atoms with Gasteiger partial charge in [-0.25, -0.2) is 4.79 Å². The lowest BCUT2D eigenvalue weighted by molar-refractivity contribution is 0.0479. The van der Waals surface area contributed by atoms with Gasteiger partial charge in [0, 0.05) is 23.0 Å². The second-order valence-corrected chi connectivity index (χ2v) is 7.22. The van der Waals surface area contributed by atoms with Crippen molar-refractivity contribution in [2.45, 2.75) is 27.7 Å².